The lowest BCUT2D eigenvalue weighted by molar-refractivity contribution is 0.676. The van der Waals surface area contributed by atoms with Gasteiger partial charge in [-0.15, -0.1) is 0 Å². The van der Waals surface area contributed by atoms with Crippen molar-refractivity contribution in [3.05, 3.63) is 18.5 Å². The van der Waals surface area contributed by atoms with Crippen LogP contribution in [0.4, 0.5) is 5.69 Å². The molecule has 0 bridgehead atoms. The van der Waals surface area contributed by atoms with Crippen LogP contribution >= 0.6 is 11.9 Å². The molecule has 2 N–H and O–H groups in total. The number of aromatic nitrogens is 1. The van der Waals surface area contributed by atoms with E-state index in [4.69, 9.17) is 5.84 Å². The Morgan fingerprint density at radius 3 is 3.07 bits per heavy atom. The zero-order valence-corrected chi connectivity index (χ0v) is 9.66. The van der Waals surface area contributed by atoms with Crippen LogP contribution in [-0.4, -0.2) is 10.8 Å². The van der Waals surface area contributed by atoms with E-state index in [-0.39, 0.29) is 0 Å². The Morgan fingerprint density at radius 2 is 2.33 bits per heavy atom. The minimum absolute atomic E-state index is 0.554. The van der Waals surface area contributed by atoms with E-state index in [9.17, 15) is 0 Å². The van der Waals surface area contributed by atoms with E-state index in [1.54, 1.807) is 17.4 Å². The molecule has 0 aromatic carbocycles. The molecule has 5 heteroatoms. The number of hydrogen-bond acceptors (Lipinski definition) is 5. The molecule has 1 aromatic heterocycles. The summed E-state index contributed by atoms with van der Waals surface area (Å²) in [5.41, 5.74) is 0.987. The van der Waals surface area contributed by atoms with Crippen LogP contribution in [-0.2, 0) is 0 Å². The molecule has 0 saturated heterocycles. The second-order valence-corrected chi connectivity index (χ2v) is 4.72. The number of hydrogen-bond donors (Lipinski definition) is 1. The summed E-state index contributed by atoms with van der Waals surface area (Å²) in [5, 5.41) is 1.66. The number of anilines is 1. The molecule has 1 aromatic rings. The van der Waals surface area contributed by atoms with Crippen LogP contribution in [0.25, 0.3) is 0 Å². The first-order valence-corrected chi connectivity index (χ1v) is 5.68. The van der Waals surface area contributed by atoms with Gasteiger partial charge >= 0.3 is 0 Å². The fourth-order valence-corrected chi connectivity index (χ4v) is 2.16. The van der Waals surface area contributed by atoms with E-state index >= 15 is 0 Å². The molecule has 0 spiro atoms. The molecule has 0 saturated carbocycles. The largest absolute Gasteiger partial charge is 0.264 e. The van der Waals surface area contributed by atoms with Gasteiger partial charge in [0.2, 0.25) is 0 Å². The molecule has 2 heterocycles. The average molecular weight is 222 g/mol. The predicted octanol–water partition coefficient (Wildman–Crippen LogP) is 2.23. The van der Waals surface area contributed by atoms with Crippen LogP contribution < -0.4 is 10.9 Å². The molecule has 4 nitrogen and oxygen atoms in total. The highest BCUT2D eigenvalue weighted by molar-refractivity contribution is 7.98. The van der Waals surface area contributed by atoms with Gasteiger partial charge in [0.25, 0.3) is 0 Å². The first kappa shape index (κ1) is 10.4. The van der Waals surface area contributed by atoms with Crippen LogP contribution in [0.5, 0.6) is 0 Å². The minimum Gasteiger partial charge on any atom is -0.264 e. The van der Waals surface area contributed by atoms with Gasteiger partial charge in [-0.1, -0.05) is 13.8 Å². The maximum atomic E-state index is 6.00. The van der Waals surface area contributed by atoms with Gasteiger partial charge in [0.05, 0.1) is 10.6 Å². The summed E-state index contributed by atoms with van der Waals surface area (Å²) in [6, 6.07) is 1.91. The van der Waals surface area contributed by atoms with Crippen molar-refractivity contribution in [1.82, 2.24) is 4.98 Å². The number of nitrogens with zero attached hydrogens (tertiary/aromatic N) is 3. The fourth-order valence-electron chi connectivity index (χ4n) is 1.43. The maximum absolute atomic E-state index is 6.00. The third kappa shape index (κ3) is 2.13. The van der Waals surface area contributed by atoms with Crippen LogP contribution in [0.3, 0.4) is 0 Å². The Bertz CT molecular complexity index is 389. The lowest BCUT2D eigenvalue weighted by atomic mass is 10.1. The van der Waals surface area contributed by atoms with Crippen LogP contribution in [0.2, 0.25) is 0 Å². The third-order valence-electron chi connectivity index (χ3n) is 2.14. The Kier molecular flexibility index (Phi) is 2.93. The van der Waals surface area contributed by atoms with Gasteiger partial charge in [-0.3, -0.25) is 9.99 Å². The van der Waals surface area contributed by atoms with E-state index in [0.717, 1.165) is 22.8 Å². The van der Waals surface area contributed by atoms with Gasteiger partial charge in [-0.25, -0.2) is 5.84 Å². The Labute approximate surface area is 93.7 Å². The van der Waals surface area contributed by atoms with Crippen LogP contribution in [0.15, 0.2) is 27.8 Å². The summed E-state index contributed by atoms with van der Waals surface area (Å²) in [5.74, 6) is 7.48. The SMILES string of the molecule is CC(C)CC1=NSc2cnccc2N1N. The third-order valence-corrected chi connectivity index (χ3v) is 2.95. The lowest BCUT2D eigenvalue weighted by Gasteiger charge is -2.26. The summed E-state index contributed by atoms with van der Waals surface area (Å²) in [4.78, 5) is 5.05. The maximum Gasteiger partial charge on any atom is 0.132 e. The van der Waals surface area contributed by atoms with Crippen molar-refractivity contribution in [3.8, 4) is 0 Å². The minimum atomic E-state index is 0.554. The van der Waals surface area contributed by atoms with Crippen molar-refractivity contribution in [3.63, 3.8) is 0 Å². The van der Waals surface area contributed by atoms with Crippen molar-refractivity contribution >= 4 is 23.5 Å². The topological polar surface area (TPSA) is 54.5 Å². The summed E-state index contributed by atoms with van der Waals surface area (Å²) >= 11 is 1.45. The molecule has 2 rings (SSSR count). The highest BCUT2D eigenvalue weighted by atomic mass is 32.2. The zero-order chi connectivity index (χ0) is 10.8. The normalized spacial score (nSPS) is 15.2. The molecule has 80 valence electrons. The highest BCUT2D eigenvalue weighted by Crippen LogP contribution is 2.34. The molecule has 0 radical (unpaired) electrons. The molecule has 1 aliphatic heterocycles. The van der Waals surface area contributed by atoms with Crippen molar-refractivity contribution in [2.75, 3.05) is 5.01 Å². The predicted molar refractivity (Wildman–Crippen MR) is 63.7 cm³/mol. The van der Waals surface area contributed by atoms with Gasteiger partial charge < -0.3 is 0 Å². The van der Waals surface area contributed by atoms with Gasteiger partial charge in [-0.2, -0.15) is 4.40 Å². The lowest BCUT2D eigenvalue weighted by Crippen LogP contribution is -2.39. The van der Waals surface area contributed by atoms with Crippen molar-refractivity contribution in [1.29, 1.82) is 0 Å². The monoisotopic (exact) mass is 222 g/mol. The Morgan fingerprint density at radius 1 is 1.53 bits per heavy atom. The second-order valence-electron chi connectivity index (χ2n) is 3.91. The first-order chi connectivity index (χ1) is 7.18. The number of nitrogens with two attached hydrogens (primary N) is 1. The van der Waals surface area contributed by atoms with Crippen LogP contribution in [0, 0.1) is 5.92 Å². The van der Waals surface area contributed by atoms with Crippen LogP contribution in [0.1, 0.15) is 20.3 Å². The number of fused-ring (bicyclic) bond motifs is 1. The number of pyridine rings is 1. The van der Waals surface area contributed by atoms with Crippen molar-refractivity contribution in [2.24, 2.45) is 16.2 Å². The molecule has 0 atom stereocenters. The summed E-state index contributed by atoms with van der Waals surface area (Å²) in [6.45, 7) is 4.31. The average Bonchev–Trinajstić information content (AvgIpc) is 2.22. The van der Waals surface area contributed by atoms with Crippen molar-refractivity contribution < 1.29 is 0 Å². The summed E-state index contributed by atoms with van der Waals surface area (Å²) in [6.07, 6.45) is 4.43. The molecule has 1 aliphatic rings. The smallest absolute Gasteiger partial charge is 0.132 e. The zero-order valence-electron chi connectivity index (χ0n) is 8.84. The van der Waals surface area contributed by atoms with Crippen molar-refractivity contribution in [2.45, 2.75) is 25.2 Å². The number of hydrazine groups is 1. The van der Waals surface area contributed by atoms with E-state index in [1.165, 1.54) is 11.9 Å². The first-order valence-electron chi connectivity index (χ1n) is 4.91. The molecular formula is C10H14N4S. The molecule has 0 amide bonds. The van der Waals surface area contributed by atoms with E-state index in [1.807, 2.05) is 6.07 Å². The highest BCUT2D eigenvalue weighted by Gasteiger charge is 2.19. The fraction of sp³-hybridized carbons (Fsp3) is 0.400. The van der Waals surface area contributed by atoms with E-state index < -0.39 is 0 Å². The molecule has 0 unspecified atom stereocenters. The second kappa shape index (κ2) is 4.20. The van der Waals surface area contributed by atoms with Gasteiger partial charge in [-0.05, 0) is 12.0 Å². The number of amidine groups is 1. The molecule has 0 fully saturated rings. The quantitative estimate of drug-likeness (QED) is 0.616. The number of rotatable bonds is 2. The van der Waals surface area contributed by atoms with Gasteiger partial charge in [0.1, 0.15) is 5.84 Å². The van der Waals surface area contributed by atoms with Gasteiger partial charge in [0, 0.05) is 30.8 Å². The molecule has 0 aliphatic carbocycles. The Balaban J connectivity index is 2.25. The molecular weight excluding hydrogens is 208 g/mol. The van der Waals surface area contributed by atoms with E-state index in [2.05, 4.69) is 23.2 Å². The molecule has 15 heavy (non-hydrogen) atoms. The Hall–Kier alpha value is -1.07. The van der Waals surface area contributed by atoms with E-state index in [0.29, 0.717) is 5.92 Å². The summed E-state index contributed by atoms with van der Waals surface area (Å²) < 4.78 is 4.39. The van der Waals surface area contributed by atoms with Gasteiger partial charge in [0.15, 0.2) is 0 Å². The summed E-state index contributed by atoms with van der Waals surface area (Å²) in [7, 11) is 0. The standard InChI is InChI=1S/C10H14N4S/c1-7(2)5-10-13-15-9-6-12-4-3-8(9)14(10)11/h3-4,6-7H,5,11H2,1-2H3.